The van der Waals surface area contributed by atoms with Gasteiger partial charge in [-0.1, -0.05) is 86.1 Å². The molecule has 0 fully saturated rings. The molecule has 0 unspecified atom stereocenters. The van der Waals surface area contributed by atoms with Crippen LogP contribution in [0.3, 0.4) is 0 Å². The predicted octanol–water partition coefficient (Wildman–Crippen LogP) is 6.17. The van der Waals surface area contributed by atoms with E-state index in [9.17, 15) is 0 Å². The summed E-state index contributed by atoms with van der Waals surface area (Å²) in [5.41, 5.74) is 4.73. The molecule has 0 amide bonds. The fourth-order valence-corrected chi connectivity index (χ4v) is 4.71. The molecule has 0 spiro atoms. The molecule has 0 bridgehead atoms. The van der Waals surface area contributed by atoms with E-state index in [2.05, 4.69) is 118 Å². The molecule has 0 aliphatic carbocycles. The van der Waals surface area contributed by atoms with Crippen molar-refractivity contribution in [3.05, 3.63) is 120 Å². The number of anilines is 1. The summed E-state index contributed by atoms with van der Waals surface area (Å²) < 4.78 is 2.18. The third-order valence-electron chi connectivity index (χ3n) is 6.39. The van der Waals surface area contributed by atoms with E-state index in [0.717, 1.165) is 38.2 Å². The predicted molar refractivity (Wildman–Crippen MR) is 137 cm³/mol. The lowest BCUT2D eigenvalue weighted by Crippen LogP contribution is -2.49. The lowest BCUT2D eigenvalue weighted by atomic mass is 9.76. The van der Waals surface area contributed by atoms with E-state index in [0.29, 0.717) is 0 Å². The summed E-state index contributed by atoms with van der Waals surface area (Å²) in [5, 5.41) is 3.31. The second-order valence-corrected chi connectivity index (χ2v) is 8.55. The van der Waals surface area contributed by atoms with Crippen LogP contribution in [0, 0.1) is 0 Å². The Morgan fingerprint density at radius 2 is 1.61 bits per heavy atom. The first kappa shape index (κ1) is 22.8. The summed E-state index contributed by atoms with van der Waals surface area (Å²) in [5.74, 6) is 0. The van der Waals surface area contributed by atoms with Gasteiger partial charge in [0, 0.05) is 31.7 Å². The van der Waals surface area contributed by atoms with Gasteiger partial charge in [-0.3, -0.25) is 4.90 Å². The summed E-state index contributed by atoms with van der Waals surface area (Å²) in [7, 11) is 1.98. The highest BCUT2D eigenvalue weighted by molar-refractivity contribution is 5.48. The van der Waals surface area contributed by atoms with Crippen LogP contribution in [-0.2, 0) is 18.6 Å². The monoisotopic (exact) mass is 438 g/mol. The second kappa shape index (κ2) is 11.0. The van der Waals surface area contributed by atoms with Gasteiger partial charge in [0.2, 0.25) is 0 Å². The number of aromatic nitrogens is 2. The Bertz CT molecular complexity index is 1050. The SMILES string of the molecule is CCCCN(Cn1ccnc1)C(Cc1cccc(NC)c1)(c1ccccc1)c1ccccc1. The molecule has 0 radical (unpaired) electrons. The Morgan fingerprint density at radius 1 is 0.909 bits per heavy atom. The van der Waals surface area contributed by atoms with Gasteiger partial charge in [-0.25, -0.2) is 4.98 Å². The molecule has 0 aliphatic heterocycles. The van der Waals surface area contributed by atoms with Crippen LogP contribution in [0.15, 0.2) is 104 Å². The normalized spacial score (nSPS) is 11.6. The molecule has 4 rings (SSSR count). The maximum atomic E-state index is 4.32. The van der Waals surface area contributed by atoms with Crippen LogP contribution in [0.5, 0.6) is 0 Å². The third kappa shape index (κ3) is 5.18. The maximum absolute atomic E-state index is 4.32. The molecule has 4 heteroatoms. The highest BCUT2D eigenvalue weighted by atomic mass is 15.3. The number of imidazole rings is 1. The zero-order chi connectivity index (χ0) is 22.9. The van der Waals surface area contributed by atoms with Crippen LogP contribution in [0.4, 0.5) is 5.69 Å². The van der Waals surface area contributed by atoms with E-state index in [-0.39, 0.29) is 5.54 Å². The molecule has 0 atom stereocenters. The van der Waals surface area contributed by atoms with Gasteiger partial charge < -0.3 is 9.88 Å². The van der Waals surface area contributed by atoms with Crippen LogP contribution in [0.1, 0.15) is 36.5 Å². The number of nitrogens with zero attached hydrogens (tertiary/aromatic N) is 3. The lowest BCUT2D eigenvalue weighted by molar-refractivity contribution is 0.0814. The molecule has 0 saturated carbocycles. The van der Waals surface area contributed by atoms with Gasteiger partial charge in [-0.2, -0.15) is 0 Å². The third-order valence-corrected chi connectivity index (χ3v) is 6.39. The van der Waals surface area contributed by atoms with Gasteiger partial charge in [0.25, 0.3) is 0 Å². The molecule has 3 aromatic carbocycles. The first-order valence-corrected chi connectivity index (χ1v) is 11.8. The van der Waals surface area contributed by atoms with Crippen LogP contribution in [-0.4, -0.2) is 28.0 Å². The highest BCUT2D eigenvalue weighted by Crippen LogP contribution is 2.40. The largest absolute Gasteiger partial charge is 0.388 e. The molecule has 1 aromatic heterocycles. The summed E-state index contributed by atoms with van der Waals surface area (Å²) in [4.78, 5) is 6.95. The molecule has 170 valence electrons. The first-order chi connectivity index (χ1) is 16.3. The lowest BCUT2D eigenvalue weighted by Gasteiger charge is -2.46. The molecular weight excluding hydrogens is 404 g/mol. The first-order valence-electron chi connectivity index (χ1n) is 11.8. The quantitative estimate of drug-likeness (QED) is 0.304. The zero-order valence-electron chi connectivity index (χ0n) is 19.7. The minimum atomic E-state index is -0.325. The van der Waals surface area contributed by atoms with E-state index >= 15 is 0 Å². The second-order valence-electron chi connectivity index (χ2n) is 8.55. The fraction of sp³-hybridized carbons (Fsp3) is 0.276. The minimum Gasteiger partial charge on any atom is -0.388 e. The van der Waals surface area contributed by atoms with E-state index in [1.165, 1.54) is 16.7 Å². The van der Waals surface area contributed by atoms with Crippen molar-refractivity contribution >= 4 is 5.69 Å². The van der Waals surface area contributed by atoms with Crippen LogP contribution in [0.25, 0.3) is 0 Å². The number of nitrogens with one attached hydrogen (secondary N) is 1. The maximum Gasteiger partial charge on any atom is 0.0956 e. The van der Waals surface area contributed by atoms with Crippen molar-refractivity contribution in [1.29, 1.82) is 0 Å². The van der Waals surface area contributed by atoms with Crippen molar-refractivity contribution in [3.8, 4) is 0 Å². The number of rotatable bonds is 11. The number of hydrogen-bond donors (Lipinski definition) is 1. The smallest absolute Gasteiger partial charge is 0.0956 e. The van der Waals surface area contributed by atoms with Crippen LogP contribution >= 0.6 is 0 Å². The molecular formula is C29H34N4. The Labute approximate surface area is 197 Å². The summed E-state index contributed by atoms with van der Waals surface area (Å²) in [6.07, 6.45) is 8.99. The summed E-state index contributed by atoms with van der Waals surface area (Å²) in [6, 6.07) is 30.8. The molecule has 0 aliphatic rings. The molecule has 0 saturated heterocycles. The van der Waals surface area contributed by atoms with Gasteiger partial charge in [-0.05, 0) is 41.7 Å². The van der Waals surface area contributed by atoms with Crippen molar-refractivity contribution in [2.75, 3.05) is 18.9 Å². The molecule has 4 aromatic rings. The topological polar surface area (TPSA) is 33.1 Å². The van der Waals surface area contributed by atoms with E-state index in [1.807, 2.05) is 19.6 Å². The van der Waals surface area contributed by atoms with Crippen LogP contribution < -0.4 is 5.32 Å². The van der Waals surface area contributed by atoms with Crippen LogP contribution in [0.2, 0.25) is 0 Å². The van der Waals surface area contributed by atoms with Crippen molar-refractivity contribution in [2.24, 2.45) is 0 Å². The number of benzene rings is 3. The van der Waals surface area contributed by atoms with E-state index in [1.54, 1.807) is 0 Å². The summed E-state index contributed by atoms with van der Waals surface area (Å²) in [6.45, 7) is 4.03. The van der Waals surface area contributed by atoms with Crippen molar-refractivity contribution < 1.29 is 0 Å². The number of unbranched alkanes of at least 4 members (excludes halogenated alkanes) is 1. The Kier molecular flexibility index (Phi) is 7.59. The molecule has 1 heterocycles. The number of hydrogen-bond acceptors (Lipinski definition) is 3. The average molecular weight is 439 g/mol. The average Bonchev–Trinajstić information content (AvgIpc) is 3.40. The van der Waals surface area contributed by atoms with Gasteiger partial charge >= 0.3 is 0 Å². The van der Waals surface area contributed by atoms with Crippen molar-refractivity contribution in [3.63, 3.8) is 0 Å². The fourth-order valence-electron chi connectivity index (χ4n) is 4.71. The molecule has 4 nitrogen and oxygen atoms in total. The zero-order valence-corrected chi connectivity index (χ0v) is 19.7. The van der Waals surface area contributed by atoms with E-state index in [4.69, 9.17) is 0 Å². The molecule has 1 N–H and O–H groups in total. The standard InChI is InChI=1S/C29H34N4/c1-3-4-19-33(24-32-20-18-31-23-32)29(26-13-7-5-8-14-26,27-15-9-6-10-16-27)22-25-12-11-17-28(21-25)30-2/h5-18,20-21,23,30H,3-4,19,22,24H2,1-2H3. The minimum absolute atomic E-state index is 0.325. The highest BCUT2D eigenvalue weighted by Gasteiger charge is 2.40. The summed E-state index contributed by atoms with van der Waals surface area (Å²) >= 11 is 0. The molecule has 33 heavy (non-hydrogen) atoms. The van der Waals surface area contributed by atoms with E-state index < -0.39 is 0 Å². The Morgan fingerprint density at radius 3 is 2.18 bits per heavy atom. The van der Waals surface area contributed by atoms with Crippen molar-refractivity contribution in [2.45, 2.75) is 38.4 Å². The van der Waals surface area contributed by atoms with Gasteiger partial charge in [0.15, 0.2) is 0 Å². The van der Waals surface area contributed by atoms with Crippen molar-refractivity contribution in [1.82, 2.24) is 14.5 Å². The van der Waals surface area contributed by atoms with Gasteiger partial charge in [0.1, 0.15) is 0 Å². The Hall–Kier alpha value is -3.37. The van der Waals surface area contributed by atoms with Gasteiger partial charge in [0.05, 0.1) is 18.5 Å². The Balaban J connectivity index is 1.92. The van der Waals surface area contributed by atoms with Gasteiger partial charge in [-0.15, -0.1) is 0 Å².